The van der Waals surface area contributed by atoms with Gasteiger partial charge in [-0.3, -0.25) is 14.5 Å². The molecular formula is C13H21N3O5. The van der Waals surface area contributed by atoms with Crippen molar-refractivity contribution in [2.75, 3.05) is 27.3 Å². The van der Waals surface area contributed by atoms with E-state index in [1.165, 1.54) is 19.1 Å². The van der Waals surface area contributed by atoms with Gasteiger partial charge >= 0.3 is 11.9 Å². The molecule has 8 nitrogen and oxygen atoms in total. The average molecular weight is 299 g/mol. The third-order valence-corrected chi connectivity index (χ3v) is 2.78. The minimum Gasteiger partial charge on any atom is -0.468 e. The highest BCUT2D eigenvalue weighted by atomic mass is 16.5. The Morgan fingerprint density at radius 2 is 1.81 bits per heavy atom. The van der Waals surface area contributed by atoms with Crippen molar-refractivity contribution in [1.82, 2.24) is 15.0 Å². The van der Waals surface area contributed by atoms with Crippen LogP contribution < -0.4 is 0 Å². The Hall–Kier alpha value is -1.96. The van der Waals surface area contributed by atoms with Crippen LogP contribution in [0.2, 0.25) is 0 Å². The van der Waals surface area contributed by atoms with Crippen molar-refractivity contribution >= 4 is 11.9 Å². The van der Waals surface area contributed by atoms with Crippen LogP contribution in [0.3, 0.4) is 0 Å². The van der Waals surface area contributed by atoms with E-state index in [1.807, 2.05) is 0 Å². The van der Waals surface area contributed by atoms with Gasteiger partial charge in [-0.1, -0.05) is 18.5 Å². The number of hydrogen-bond acceptors (Lipinski definition) is 8. The standard InChI is InChI=1S/C13H21N3O5/c1-4-5-6-10-14-11(21-15-10)7-16(8-12(17)19-2)9-13(18)20-3/h4-9H2,1-3H3. The van der Waals surface area contributed by atoms with E-state index in [1.54, 1.807) is 0 Å². The molecular weight excluding hydrogens is 278 g/mol. The van der Waals surface area contributed by atoms with E-state index in [0.29, 0.717) is 11.7 Å². The Balaban J connectivity index is 2.63. The van der Waals surface area contributed by atoms with Gasteiger partial charge in [0.1, 0.15) is 0 Å². The molecule has 1 heterocycles. The Morgan fingerprint density at radius 1 is 1.19 bits per heavy atom. The number of nitrogens with zero attached hydrogens (tertiary/aromatic N) is 3. The van der Waals surface area contributed by atoms with Crippen molar-refractivity contribution in [2.45, 2.75) is 32.7 Å². The van der Waals surface area contributed by atoms with Gasteiger partial charge in [-0.25, -0.2) is 0 Å². The lowest BCUT2D eigenvalue weighted by atomic mass is 10.2. The van der Waals surface area contributed by atoms with Gasteiger partial charge in [-0.2, -0.15) is 4.98 Å². The lowest BCUT2D eigenvalue weighted by molar-refractivity contribution is -0.145. The summed E-state index contributed by atoms with van der Waals surface area (Å²) in [5, 5.41) is 3.86. The number of ether oxygens (including phenoxy) is 2. The maximum Gasteiger partial charge on any atom is 0.319 e. The molecule has 1 rings (SSSR count). The van der Waals surface area contributed by atoms with E-state index in [0.717, 1.165) is 19.3 Å². The summed E-state index contributed by atoms with van der Waals surface area (Å²) in [6.07, 6.45) is 2.77. The number of aryl methyl sites for hydroxylation is 1. The van der Waals surface area contributed by atoms with Crippen LogP contribution in [0.1, 0.15) is 31.5 Å². The normalized spacial score (nSPS) is 10.7. The van der Waals surface area contributed by atoms with Crippen molar-refractivity contribution in [2.24, 2.45) is 0 Å². The van der Waals surface area contributed by atoms with Gasteiger partial charge in [0.25, 0.3) is 0 Å². The third-order valence-electron chi connectivity index (χ3n) is 2.78. The second-order valence-electron chi connectivity index (χ2n) is 4.51. The van der Waals surface area contributed by atoms with Gasteiger partial charge in [0.05, 0.1) is 33.9 Å². The number of aromatic nitrogens is 2. The lowest BCUT2D eigenvalue weighted by Gasteiger charge is -2.17. The van der Waals surface area contributed by atoms with Crippen molar-refractivity contribution in [3.8, 4) is 0 Å². The van der Waals surface area contributed by atoms with E-state index < -0.39 is 11.9 Å². The van der Waals surface area contributed by atoms with Crippen LogP contribution >= 0.6 is 0 Å². The van der Waals surface area contributed by atoms with Gasteiger partial charge in [-0.05, 0) is 6.42 Å². The largest absolute Gasteiger partial charge is 0.468 e. The summed E-state index contributed by atoms with van der Waals surface area (Å²) >= 11 is 0. The zero-order valence-corrected chi connectivity index (χ0v) is 12.6. The molecule has 0 amide bonds. The summed E-state index contributed by atoms with van der Waals surface area (Å²) in [6.45, 7) is 2.15. The van der Waals surface area contributed by atoms with E-state index in [2.05, 4.69) is 26.5 Å². The number of hydrogen-bond donors (Lipinski definition) is 0. The fraction of sp³-hybridized carbons (Fsp3) is 0.692. The molecule has 118 valence electrons. The quantitative estimate of drug-likeness (QED) is 0.610. The molecule has 0 bridgehead atoms. The summed E-state index contributed by atoms with van der Waals surface area (Å²) in [6, 6.07) is 0. The van der Waals surface area contributed by atoms with Crippen LogP contribution in [0.25, 0.3) is 0 Å². The molecule has 0 radical (unpaired) electrons. The smallest absolute Gasteiger partial charge is 0.319 e. The first-order chi connectivity index (χ1) is 10.1. The molecule has 0 aliphatic carbocycles. The molecule has 0 aromatic carbocycles. The van der Waals surface area contributed by atoms with E-state index in [9.17, 15) is 9.59 Å². The second-order valence-corrected chi connectivity index (χ2v) is 4.51. The molecule has 0 saturated heterocycles. The molecule has 1 aromatic rings. The molecule has 0 N–H and O–H groups in total. The number of carbonyl (C=O) groups is 2. The second kappa shape index (κ2) is 9.06. The Bertz CT molecular complexity index is 442. The first kappa shape index (κ1) is 17.1. The van der Waals surface area contributed by atoms with E-state index >= 15 is 0 Å². The van der Waals surface area contributed by atoms with Crippen LogP contribution in [0, 0.1) is 0 Å². The predicted octanol–water partition coefficient (Wildman–Crippen LogP) is 0.560. The average Bonchev–Trinajstić information content (AvgIpc) is 2.92. The third kappa shape index (κ3) is 6.35. The SMILES string of the molecule is CCCCc1noc(CN(CC(=O)OC)CC(=O)OC)n1. The molecule has 21 heavy (non-hydrogen) atoms. The van der Waals surface area contributed by atoms with Gasteiger partial charge in [0.15, 0.2) is 5.82 Å². The molecule has 0 fully saturated rings. The number of rotatable bonds is 9. The summed E-state index contributed by atoms with van der Waals surface area (Å²) in [5.74, 6) is 0.0751. The predicted molar refractivity (Wildman–Crippen MR) is 72.2 cm³/mol. The topological polar surface area (TPSA) is 94.8 Å². The highest BCUT2D eigenvalue weighted by molar-refractivity contribution is 5.74. The molecule has 8 heteroatoms. The van der Waals surface area contributed by atoms with Crippen molar-refractivity contribution < 1.29 is 23.6 Å². The Kier molecular flexibility index (Phi) is 7.38. The summed E-state index contributed by atoms with van der Waals surface area (Å²) in [7, 11) is 2.57. The summed E-state index contributed by atoms with van der Waals surface area (Å²) in [4.78, 5) is 28.4. The monoisotopic (exact) mass is 299 g/mol. The molecule has 1 aromatic heterocycles. The summed E-state index contributed by atoms with van der Waals surface area (Å²) < 4.78 is 14.3. The highest BCUT2D eigenvalue weighted by Crippen LogP contribution is 2.06. The molecule has 0 aliphatic heterocycles. The minimum atomic E-state index is -0.454. The molecule has 0 aliphatic rings. The van der Waals surface area contributed by atoms with Crippen molar-refractivity contribution in [3.05, 3.63) is 11.7 Å². The zero-order chi connectivity index (χ0) is 15.7. The first-order valence-corrected chi connectivity index (χ1v) is 6.76. The lowest BCUT2D eigenvalue weighted by Crippen LogP contribution is -2.35. The van der Waals surface area contributed by atoms with Crippen LogP contribution in [-0.2, 0) is 32.0 Å². The minimum absolute atomic E-state index is 0.0573. The van der Waals surface area contributed by atoms with Crippen LogP contribution in [0.15, 0.2) is 4.52 Å². The van der Waals surface area contributed by atoms with E-state index in [-0.39, 0.29) is 19.6 Å². The fourth-order valence-corrected chi connectivity index (χ4v) is 1.64. The zero-order valence-electron chi connectivity index (χ0n) is 12.6. The highest BCUT2D eigenvalue weighted by Gasteiger charge is 2.18. The first-order valence-electron chi connectivity index (χ1n) is 6.76. The van der Waals surface area contributed by atoms with Crippen LogP contribution in [0.5, 0.6) is 0 Å². The number of carbonyl (C=O) groups excluding carboxylic acids is 2. The Labute approximate surface area is 123 Å². The molecule has 0 unspecified atom stereocenters. The van der Waals surface area contributed by atoms with Crippen LogP contribution in [0.4, 0.5) is 0 Å². The van der Waals surface area contributed by atoms with Gasteiger partial charge in [-0.15, -0.1) is 0 Å². The Morgan fingerprint density at radius 3 is 2.33 bits per heavy atom. The van der Waals surface area contributed by atoms with Gasteiger partial charge in [0.2, 0.25) is 5.89 Å². The molecule has 0 spiro atoms. The number of methoxy groups -OCH3 is 2. The molecule has 0 saturated carbocycles. The van der Waals surface area contributed by atoms with Gasteiger partial charge in [0, 0.05) is 6.42 Å². The number of unbranched alkanes of at least 4 members (excludes halogenated alkanes) is 1. The maximum atomic E-state index is 11.3. The fourth-order valence-electron chi connectivity index (χ4n) is 1.64. The molecule has 0 atom stereocenters. The van der Waals surface area contributed by atoms with Gasteiger partial charge < -0.3 is 14.0 Å². The van der Waals surface area contributed by atoms with Crippen molar-refractivity contribution in [1.29, 1.82) is 0 Å². The maximum absolute atomic E-state index is 11.3. The van der Waals surface area contributed by atoms with Crippen LogP contribution in [-0.4, -0.2) is 54.3 Å². The summed E-state index contributed by atoms with van der Waals surface area (Å²) in [5.41, 5.74) is 0. The van der Waals surface area contributed by atoms with Crippen molar-refractivity contribution in [3.63, 3.8) is 0 Å². The van der Waals surface area contributed by atoms with E-state index in [4.69, 9.17) is 4.52 Å². The number of esters is 2.